The first-order valence-corrected chi connectivity index (χ1v) is 8.34. The van der Waals surface area contributed by atoms with Crippen molar-refractivity contribution in [1.29, 1.82) is 0 Å². The van der Waals surface area contributed by atoms with E-state index in [2.05, 4.69) is 43.4 Å². The molecule has 0 saturated heterocycles. The van der Waals surface area contributed by atoms with Gasteiger partial charge in [-0.2, -0.15) is 0 Å². The highest BCUT2D eigenvalue weighted by Crippen LogP contribution is 2.11. The number of carboxylic acids is 1. The van der Waals surface area contributed by atoms with Gasteiger partial charge in [0, 0.05) is 5.97 Å². The summed E-state index contributed by atoms with van der Waals surface area (Å²) in [5.74, 6) is -1.22. The number of carboxylic acid groups (broad SMARTS) is 1. The van der Waals surface area contributed by atoms with E-state index in [-0.39, 0.29) is 5.92 Å². The van der Waals surface area contributed by atoms with Crippen LogP contribution in [0.5, 0.6) is 0 Å². The molecule has 120 valence electrons. The Bertz CT molecular complexity index is 326. The van der Waals surface area contributed by atoms with Gasteiger partial charge in [-0.05, 0) is 44.4 Å². The maximum Gasteiger partial charge on any atom is 0.0442 e. The van der Waals surface area contributed by atoms with Gasteiger partial charge in [0.05, 0.1) is 0 Å². The lowest BCUT2D eigenvalue weighted by molar-refractivity contribution is -0.311. The van der Waals surface area contributed by atoms with Crippen molar-refractivity contribution in [3.8, 4) is 0 Å². The fraction of sp³-hybridized carbons (Fsp3) is 0.632. The molecule has 0 amide bonds. The summed E-state index contributed by atoms with van der Waals surface area (Å²) in [4.78, 5) is 10.5. The normalized spacial score (nSPS) is 13.6. The van der Waals surface area contributed by atoms with E-state index in [0.29, 0.717) is 0 Å². The van der Waals surface area contributed by atoms with Gasteiger partial charge in [-0.3, -0.25) is 0 Å². The summed E-state index contributed by atoms with van der Waals surface area (Å²) in [6, 6.07) is 0. The fourth-order valence-corrected chi connectivity index (χ4v) is 2.01. The summed E-state index contributed by atoms with van der Waals surface area (Å²) in [5, 5.41) is 10.5. The van der Waals surface area contributed by atoms with Crippen molar-refractivity contribution in [2.24, 2.45) is 5.92 Å². The number of unbranched alkanes of at least 4 members (excludes halogenated alkanes) is 4. The van der Waals surface area contributed by atoms with E-state index >= 15 is 0 Å². The van der Waals surface area contributed by atoms with Crippen LogP contribution < -0.4 is 5.11 Å². The Morgan fingerprint density at radius 1 is 0.905 bits per heavy atom. The minimum atomic E-state index is -0.920. The quantitative estimate of drug-likeness (QED) is 0.368. The maximum absolute atomic E-state index is 10.5. The largest absolute Gasteiger partial charge is 0.550 e. The Balaban J connectivity index is 3.33. The van der Waals surface area contributed by atoms with Gasteiger partial charge in [0.25, 0.3) is 0 Å². The zero-order valence-corrected chi connectivity index (χ0v) is 13.7. The van der Waals surface area contributed by atoms with Crippen molar-refractivity contribution >= 4 is 5.97 Å². The van der Waals surface area contributed by atoms with Crippen LogP contribution >= 0.6 is 0 Å². The van der Waals surface area contributed by atoms with E-state index < -0.39 is 5.97 Å². The van der Waals surface area contributed by atoms with E-state index in [1.807, 2.05) is 0 Å². The standard InChI is InChI=1S/C19H32O2/c1-3-4-5-6-7-8-9-10-11-12-13-14-15-16-17-18(2)19(20)21/h4-5,7-8,10-11,18H,3,6,9,12-17H2,1-2H3,(H,20,21)/p-1/b5-4-,8-7-,11-10-. The number of hydrogen-bond donors (Lipinski definition) is 0. The summed E-state index contributed by atoms with van der Waals surface area (Å²) in [5.41, 5.74) is 0. The van der Waals surface area contributed by atoms with Crippen LogP contribution in [0.15, 0.2) is 36.5 Å². The summed E-state index contributed by atoms with van der Waals surface area (Å²) < 4.78 is 0. The summed E-state index contributed by atoms with van der Waals surface area (Å²) in [6.45, 7) is 3.87. The third kappa shape index (κ3) is 14.9. The van der Waals surface area contributed by atoms with Gasteiger partial charge in [-0.25, -0.2) is 0 Å². The number of aliphatic carboxylic acids is 1. The van der Waals surface area contributed by atoms with Gasteiger partial charge in [0.2, 0.25) is 0 Å². The van der Waals surface area contributed by atoms with Gasteiger partial charge < -0.3 is 9.90 Å². The average Bonchev–Trinajstić information content (AvgIpc) is 2.47. The second kappa shape index (κ2) is 15.1. The van der Waals surface area contributed by atoms with Crippen LogP contribution in [0.1, 0.15) is 71.6 Å². The average molecular weight is 291 g/mol. The van der Waals surface area contributed by atoms with Crippen molar-refractivity contribution in [2.45, 2.75) is 71.6 Å². The van der Waals surface area contributed by atoms with E-state index in [1.54, 1.807) is 6.92 Å². The zero-order valence-electron chi connectivity index (χ0n) is 13.7. The highest BCUT2D eigenvalue weighted by Gasteiger charge is 2.01. The molecule has 0 aromatic rings. The van der Waals surface area contributed by atoms with Crippen LogP contribution in [0.25, 0.3) is 0 Å². The lowest BCUT2D eigenvalue weighted by Crippen LogP contribution is -2.29. The number of hydrogen-bond acceptors (Lipinski definition) is 2. The molecule has 1 unspecified atom stereocenters. The molecule has 1 atom stereocenters. The summed E-state index contributed by atoms with van der Waals surface area (Å²) >= 11 is 0. The predicted octanol–water partition coefficient (Wildman–Crippen LogP) is 4.57. The lowest BCUT2D eigenvalue weighted by Gasteiger charge is -2.11. The maximum atomic E-state index is 10.5. The number of carbonyl (C=O) groups excluding carboxylic acids is 1. The lowest BCUT2D eigenvalue weighted by atomic mass is 10.0. The Morgan fingerprint density at radius 2 is 1.48 bits per heavy atom. The number of rotatable bonds is 13. The Hall–Kier alpha value is -1.31. The molecule has 0 saturated carbocycles. The smallest absolute Gasteiger partial charge is 0.0442 e. The van der Waals surface area contributed by atoms with Crippen LogP contribution in [-0.2, 0) is 4.79 Å². The van der Waals surface area contributed by atoms with Gasteiger partial charge in [0.15, 0.2) is 0 Å². The van der Waals surface area contributed by atoms with E-state index in [9.17, 15) is 9.90 Å². The third-order valence-electron chi connectivity index (χ3n) is 3.44. The molecular weight excluding hydrogens is 260 g/mol. The molecule has 0 radical (unpaired) electrons. The molecule has 0 aromatic heterocycles. The molecule has 0 fully saturated rings. The third-order valence-corrected chi connectivity index (χ3v) is 3.44. The highest BCUT2D eigenvalue weighted by molar-refractivity contribution is 5.66. The van der Waals surface area contributed by atoms with Gasteiger partial charge in [-0.1, -0.05) is 69.6 Å². The molecule has 0 rings (SSSR count). The van der Waals surface area contributed by atoms with Crippen LogP contribution in [0, 0.1) is 5.92 Å². The Labute approximate surface area is 130 Å². The monoisotopic (exact) mass is 291 g/mol. The molecule has 0 N–H and O–H groups in total. The van der Waals surface area contributed by atoms with E-state index in [1.165, 1.54) is 12.8 Å². The number of carbonyl (C=O) groups is 1. The minimum Gasteiger partial charge on any atom is -0.550 e. The van der Waals surface area contributed by atoms with Crippen LogP contribution in [0.4, 0.5) is 0 Å². The summed E-state index contributed by atoms with van der Waals surface area (Å²) in [6.07, 6.45) is 22.8. The molecule has 0 aliphatic carbocycles. The first-order chi connectivity index (χ1) is 10.2. The molecule has 2 nitrogen and oxygen atoms in total. The van der Waals surface area contributed by atoms with Gasteiger partial charge >= 0.3 is 0 Å². The molecule has 2 heteroatoms. The molecular formula is C19H31O2-. The molecule has 0 heterocycles. The molecule has 21 heavy (non-hydrogen) atoms. The van der Waals surface area contributed by atoms with Crippen molar-refractivity contribution < 1.29 is 9.90 Å². The van der Waals surface area contributed by atoms with E-state index in [4.69, 9.17) is 0 Å². The van der Waals surface area contributed by atoms with Crippen LogP contribution in [0.3, 0.4) is 0 Å². The van der Waals surface area contributed by atoms with Gasteiger partial charge in [-0.15, -0.1) is 0 Å². The fourth-order valence-electron chi connectivity index (χ4n) is 2.01. The second-order valence-corrected chi connectivity index (χ2v) is 5.51. The Kier molecular flexibility index (Phi) is 14.1. The Morgan fingerprint density at radius 3 is 2.10 bits per heavy atom. The van der Waals surface area contributed by atoms with Crippen molar-refractivity contribution in [1.82, 2.24) is 0 Å². The molecule has 0 bridgehead atoms. The van der Waals surface area contributed by atoms with Crippen LogP contribution in [0.2, 0.25) is 0 Å². The molecule has 0 aliphatic heterocycles. The topological polar surface area (TPSA) is 40.1 Å². The van der Waals surface area contributed by atoms with Crippen LogP contribution in [-0.4, -0.2) is 5.97 Å². The highest BCUT2D eigenvalue weighted by atomic mass is 16.4. The summed E-state index contributed by atoms with van der Waals surface area (Å²) in [7, 11) is 0. The zero-order chi connectivity index (χ0) is 15.8. The molecule has 0 aromatic carbocycles. The van der Waals surface area contributed by atoms with Crippen molar-refractivity contribution in [3.05, 3.63) is 36.5 Å². The minimum absolute atomic E-state index is 0.302. The second-order valence-electron chi connectivity index (χ2n) is 5.51. The van der Waals surface area contributed by atoms with E-state index in [0.717, 1.165) is 44.9 Å². The predicted molar refractivity (Wildman–Crippen MR) is 88.8 cm³/mol. The first kappa shape index (κ1) is 19.7. The van der Waals surface area contributed by atoms with Crippen molar-refractivity contribution in [3.63, 3.8) is 0 Å². The van der Waals surface area contributed by atoms with Crippen molar-refractivity contribution in [2.75, 3.05) is 0 Å². The molecule has 0 spiro atoms. The first-order valence-electron chi connectivity index (χ1n) is 8.34. The molecule has 0 aliphatic rings. The SMILES string of the molecule is CC/C=C\C/C=C\C/C=C\CCCCCCC(C)C(=O)[O-]. The van der Waals surface area contributed by atoms with Gasteiger partial charge in [0.1, 0.15) is 0 Å². The number of allylic oxidation sites excluding steroid dienone is 6.